The number of aliphatic hydroxyl groups is 7. The number of rotatable bonds is 12. The molecule has 19 nitrogen and oxygen atoms in total. The van der Waals surface area contributed by atoms with Gasteiger partial charge >= 0.3 is 5.97 Å². The van der Waals surface area contributed by atoms with Crippen LogP contribution in [0.1, 0.15) is 18.1 Å². The van der Waals surface area contributed by atoms with E-state index >= 15 is 0 Å². The second-order valence-corrected chi connectivity index (χ2v) is 12.8. The number of phenols is 4. The van der Waals surface area contributed by atoms with E-state index in [9.17, 15) is 61.0 Å². The lowest BCUT2D eigenvalue weighted by Crippen LogP contribution is -2.66. The monoisotopic (exact) mass is 756 g/mol. The number of aromatic hydroxyl groups is 4. The summed E-state index contributed by atoms with van der Waals surface area (Å²) in [5.41, 5.74) is 0.849. The van der Waals surface area contributed by atoms with Gasteiger partial charge in [0.25, 0.3) is 0 Å². The van der Waals surface area contributed by atoms with E-state index in [4.69, 9.17) is 33.2 Å². The number of hydrogen-bond acceptors (Lipinski definition) is 19. The van der Waals surface area contributed by atoms with Crippen molar-refractivity contribution >= 4 is 12.0 Å². The Labute approximate surface area is 302 Å². The van der Waals surface area contributed by atoms with Crippen LogP contribution >= 0.6 is 0 Å². The maximum Gasteiger partial charge on any atom is 0.331 e. The summed E-state index contributed by atoms with van der Waals surface area (Å²) in [6, 6.07) is 7.88. The van der Waals surface area contributed by atoms with Crippen molar-refractivity contribution in [2.75, 3.05) is 19.8 Å². The molecule has 3 aliphatic heterocycles. The molecule has 0 unspecified atom stereocenters. The summed E-state index contributed by atoms with van der Waals surface area (Å²) >= 11 is 0. The van der Waals surface area contributed by atoms with Gasteiger partial charge in [0.2, 0.25) is 0 Å². The topological polar surface area (TPSA) is 304 Å². The van der Waals surface area contributed by atoms with E-state index in [0.29, 0.717) is 11.1 Å². The summed E-state index contributed by atoms with van der Waals surface area (Å²) in [6.45, 7) is 0.112. The van der Waals surface area contributed by atoms with Crippen LogP contribution in [0, 0.1) is 0 Å². The van der Waals surface area contributed by atoms with E-state index in [1.54, 1.807) is 0 Å². The summed E-state index contributed by atoms with van der Waals surface area (Å²) in [5, 5.41) is 113. The number of aliphatic hydroxyl groups excluding tert-OH is 7. The molecule has 3 aliphatic rings. The molecule has 14 atom stereocenters. The predicted octanol–water partition coefficient (Wildman–Crippen LogP) is -2.55. The van der Waals surface area contributed by atoms with Gasteiger partial charge in [-0.15, -0.1) is 0 Å². The zero-order chi connectivity index (χ0) is 38.6. The van der Waals surface area contributed by atoms with E-state index in [1.165, 1.54) is 49.4 Å². The number of phenolic OH excluding ortho intramolecular Hbond substituents is 4. The Kier molecular flexibility index (Phi) is 13.5. The highest BCUT2D eigenvalue weighted by atomic mass is 16.8. The Bertz CT molecular complexity index is 1560. The van der Waals surface area contributed by atoms with Crippen molar-refractivity contribution in [3.05, 3.63) is 53.6 Å². The van der Waals surface area contributed by atoms with Crippen molar-refractivity contribution in [3.8, 4) is 23.0 Å². The van der Waals surface area contributed by atoms with Gasteiger partial charge in [-0.25, -0.2) is 4.79 Å². The number of carbonyl (C=O) groups is 1. The number of ether oxygens (including phenoxy) is 7. The lowest BCUT2D eigenvalue weighted by molar-refractivity contribution is -0.372. The molecule has 0 spiro atoms. The van der Waals surface area contributed by atoms with Gasteiger partial charge in [0, 0.05) is 6.08 Å². The minimum Gasteiger partial charge on any atom is -0.504 e. The SMILES string of the molecule is C[C@@H]1O[C@@H](O[C@@H]2[C@@H](O)[C@H](OCCc3ccc(O)c(O)c3)O[C@H](CO)[C@H]2OC(=O)C=Cc2ccc(O)c(O)c2)[C@H](O)[C@H](O)[C@H]1O[C@@H]1OC[C@@H](O)[C@H](O)[C@H]1O. The van der Waals surface area contributed by atoms with Crippen LogP contribution in [0.25, 0.3) is 6.08 Å². The Morgan fingerprint density at radius 2 is 1.42 bits per heavy atom. The fraction of sp³-hybridized carbons (Fsp3) is 0.559. The van der Waals surface area contributed by atoms with Crippen LogP contribution in [0.5, 0.6) is 23.0 Å². The molecule has 5 rings (SSSR count). The molecule has 2 aromatic rings. The lowest BCUT2D eigenvalue weighted by atomic mass is 9.96. The number of esters is 1. The molecular formula is C34H44O19. The Morgan fingerprint density at radius 3 is 2.09 bits per heavy atom. The number of benzene rings is 2. The first-order chi connectivity index (χ1) is 25.2. The predicted molar refractivity (Wildman–Crippen MR) is 174 cm³/mol. The van der Waals surface area contributed by atoms with E-state index < -0.39 is 111 Å². The minimum atomic E-state index is -1.91. The highest BCUT2D eigenvalue weighted by molar-refractivity contribution is 5.87. The van der Waals surface area contributed by atoms with Gasteiger partial charge in [0.15, 0.2) is 48.0 Å². The third kappa shape index (κ3) is 9.53. The van der Waals surface area contributed by atoms with Crippen molar-refractivity contribution in [1.29, 1.82) is 0 Å². The molecule has 3 heterocycles. The zero-order valence-corrected chi connectivity index (χ0v) is 28.2. The Morgan fingerprint density at radius 1 is 0.755 bits per heavy atom. The second-order valence-electron chi connectivity index (χ2n) is 12.8. The van der Waals surface area contributed by atoms with Gasteiger partial charge in [0.05, 0.1) is 25.9 Å². The molecule has 11 N–H and O–H groups in total. The van der Waals surface area contributed by atoms with Crippen LogP contribution in [0.2, 0.25) is 0 Å². The maximum atomic E-state index is 13.0. The van der Waals surface area contributed by atoms with Crippen molar-refractivity contribution in [2.45, 2.75) is 99.4 Å². The first-order valence-electron chi connectivity index (χ1n) is 16.6. The minimum absolute atomic E-state index is 0.123. The molecule has 53 heavy (non-hydrogen) atoms. The molecule has 19 heteroatoms. The van der Waals surface area contributed by atoms with Crippen molar-refractivity contribution in [3.63, 3.8) is 0 Å². The van der Waals surface area contributed by atoms with Crippen molar-refractivity contribution < 1.29 is 94.1 Å². The highest BCUT2D eigenvalue weighted by Gasteiger charge is 2.53. The molecule has 2 aromatic carbocycles. The first-order valence-corrected chi connectivity index (χ1v) is 16.6. The maximum absolute atomic E-state index is 13.0. The first kappa shape index (κ1) is 40.5. The van der Waals surface area contributed by atoms with Crippen LogP contribution in [0.3, 0.4) is 0 Å². The lowest BCUT2D eigenvalue weighted by Gasteiger charge is -2.47. The molecule has 294 valence electrons. The standard InChI is InChI=1S/C34H44O19/c1-14-29(52-32-26(44)24(42)21(40)13-48-32)25(43)27(45)34(49-14)53-31-28(46)33(47-9-8-16-3-6-18(37)20(39)11-16)50-22(12-35)30(31)51-23(41)7-4-15-2-5-17(36)19(38)10-15/h2-7,10-11,14,21-22,24-40,42-46H,8-9,12-13H2,1H3/t14-,21+,22+,24-,25-,26+,27+,28+,29-,30+,31+,32-,33+,34-/m0/s1. The number of hydrogen-bond donors (Lipinski definition) is 11. The molecule has 0 amide bonds. The van der Waals surface area contributed by atoms with E-state index in [-0.39, 0.29) is 30.3 Å². The average Bonchev–Trinajstić information content (AvgIpc) is 3.13. The van der Waals surface area contributed by atoms with Crippen LogP contribution in [0.4, 0.5) is 0 Å². The third-order valence-corrected chi connectivity index (χ3v) is 8.98. The quantitative estimate of drug-likeness (QED) is 0.0603. The fourth-order valence-corrected chi connectivity index (χ4v) is 5.99. The molecule has 0 bridgehead atoms. The van der Waals surface area contributed by atoms with Gasteiger partial charge in [0.1, 0.15) is 54.9 Å². The normalized spacial score (nSPS) is 36.4. The second kappa shape index (κ2) is 17.6. The van der Waals surface area contributed by atoms with Gasteiger partial charge in [-0.05, 0) is 54.8 Å². The van der Waals surface area contributed by atoms with Crippen LogP contribution in [0.15, 0.2) is 42.5 Å². The summed E-state index contributed by atoms with van der Waals surface area (Å²) < 4.78 is 39.7. The smallest absolute Gasteiger partial charge is 0.331 e. The average molecular weight is 757 g/mol. The van der Waals surface area contributed by atoms with Gasteiger partial charge in [-0.3, -0.25) is 0 Å². The van der Waals surface area contributed by atoms with E-state index in [2.05, 4.69) is 0 Å². The van der Waals surface area contributed by atoms with Crippen LogP contribution in [-0.4, -0.2) is 168 Å². The van der Waals surface area contributed by atoms with Crippen LogP contribution in [-0.2, 0) is 44.4 Å². The summed E-state index contributed by atoms with van der Waals surface area (Å²) in [4.78, 5) is 13.0. The van der Waals surface area contributed by atoms with Crippen molar-refractivity contribution in [2.24, 2.45) is 0 Å². The Hall–Kier alpha value is -3.67. The molecule has 0 radical (unpaired) electrons. The molecular weight excluding hydrogens is 712 g/mol. The summed E-state index contributed by atoms with van der Waals surface area (Å²) in [7, 11) is 0. The zero-order valence-electron chi connectivity index (χ0n) is 28.2. The van der Waals surface area contributed by atoms with Crippen LogP contribution < -0.4 is 0 Å². The molecule has 0 aliphatic carbocycles. The molecule has 0 saturated carbocycles. The van der Waals surface area contributed by atoms with Gasteiger partial charge in [-0.2, -0.15) is 0 Å². The largest absolute Gasteiger partial charge is 0.504 e. The molecule has 3 saturated heterocycles. The third-order valence-electron chi connectivity index (χ3n) is 8.98. The number of carbonyl (C=O) groups excluding carboxylic acids is 1. The molecule has 0 aromatic heterocycles. The summed E-state index contributed by atoms with van der Waals surface area (Å²) in [6.07, 6.45) is -19.7. The summed E-state index contributed by atoms with van der Waals surface area (Å²) in [5.74, 6) is -2.54. The fourth-order valence-electron chi connectivity index (χ4n) is 5.99. The molecule has 3 fully saturated rings. The van der Waals surface area contributed by atoms with Gasteiger partial charge in [-0.1, -0.05) is 12.1 Å². The highest BCUT2D eigenvalue weighted by Crippen LogP contribution is 2.34. The van der Waals surface area contributed by atoms with E-state index in [0.717, 1.165) is 6.08 Å². The van der Waals surface area contributed by atoms with Crippen molar-refractivity contribution in [1.82, 2.24) is 0 Å². The van der Waals surface area contributed by atoms with Gasteiger partial charge < -0.3 is 89.3 Å². The van der Waals surface area contributed by atoms with E-state index in [1.807, 2.05) is 0 Å². The Balaban J connectivity index is 1.32.